The fourth-order valence-electron chi connectivity index (χ4n) is 3.55. The highest BCUT2D eigenvalue weighted by Gasteiger charge is 2.24. The van der Waals surface area contributed by atoms with Gasteiger partial charge in [0.25, 0.3) is 11.5 Å². The Kier molecular flexibility index (Phi) is 6.60. The fraction of sp³-hybridized carbons (Fsp3) is 0.148. The van der Waals surface area contributed by atoms with Gasteiger partial charge in [-0.3, -0.25) is 9.59 Å². The molecule has 1 aliphatic rings. The molecule has 0 spiro atoms. The van der Waals surface area contributed by atoms with Crippen LogP contribution in [0.15, 0.2) is 83.8 Å². The highest BCUT2D eigenvalue weighted by molar-refractivity contribution is 6.30. The number of amides is 1. The van der Waals surface area contributed by atoms with Crippen LogP contribution in [0.2, 0.25) is 5.02 Å². The van der Waals surface area contributed by atoms with E-state index in [-0.39, 0.29) is 23.4 Å². The summed E-state index contributed by atoms with van der Waals surface area (Å²) in [6.07, 6.45) is 3.46. The molecule has 1 saturated carbocycles. The molecule has 1 heterocycles. The summed E-state index contributed by atoms with van der Waals surface area (Å²) in [4.78, 5) is 26.1. The molecule has 0 unspecified atom stereocenters. The zero-order valence-electron chi connectivity index (χ0n) is 19.4. The number of carbonyl (C=O) groups is 1. The number of methoxy groups -OCH3 is 1. The molecule has 1 aromatic heterocycles. The van der Waals surface area contributed by atoms with Gasteiger partial charge in [-0.05, 0) is 79.6 Å². The number of nitrogens with one attached hydrogen (secondary N) is 2. The Hall–Kier alpha value is -4.30. The van der Waals surface area contributed by atoms with Crippen molar-refractivity contribution in [2.75, 3.05) is 12.4 Å². The van der Waals surface area contributed by atoms with Gasteiger partial charge >= 0.3 is 0 Å². The lowest BCUT2D eigenvalue weighted by Crippen LogP contribution is -2.25. The van der Waals surface area contributed by atoms with E-state index in [1.807, 2.05) is 0 Å². The lowest BCUT2D eigenvalue weighted by molar-refractivity contribution is 0.0951. The number of rotatable bonds is 8. The van der Waals surface area contributed by atoms with Gasteiger partial charge in [-0.1, -0.05) is 17.7 Å². The molecule has 1 amide bonds. The summed E-state index contributed by atoms with van der Waals surface area (Å²) in [5, 5.41) is 11.0. The molecule has 1 fully saturated rings. The van der Waals surface area contributed by atoms with Gasteiger partial charge in [0.1, 0.15) is 11.5 Å². The Labute approximate surface area is 212 Å². The Morgan fingerprint density at radius 3 is 2.44 bits per heavy atom. The fourth-order valence-corrected chi connectivity index (χ4v) is 3.67. The molecule has 2 N–H and O–H groups in total. The van der Waals surface area contributed by atoms with Crippen LogP contribution in [0.1, 0.15) is 23.2 Å². The number of aromatic nitrogens is 2. The monoisotopic (exact) mass is 502 g/mol. The van der Waals surface area contributed by atoms with Crippen LogP contribution in [0, 0.1) is 0 Å². The number of anilines is 2. The van der Waals surface area contributed by atoms with Crippen molar-refractivity contribution in [3.63, 3.8) is 0 Å². The lowest BCUT2D eigenvalue weighted by Gasteiger charge is -2.15. The Bertz CT molecular complexity index is 1450. The van der Waals surface area contributed by atoms with E-state index in [1.165, 1.54) is 10.9 Å². The summed E-state index contributed by atoms with van der Waals surface area (Å²) in [5.41, 5.74) is 1.34. The lowest BCUT2D eigenvalue weighted by atomic mass is 10.2. The zero-order chi connectivity index (χ0) is 25.1. The maximum atomic E-state index is 13.6. The predicted molar refractivity (Wildman–Crippen MR) is 138 cm³/mol. The van der Waals surface area contributed by atoms with Crippen molar-refractivity contribution in [3.05, 3.63) is 99.9 Å². The van der Waals surface area contributed by atoms with Crippen molar-refractivity contribution in [2.24, 2.45) is 0 Å². The summed E-state index contributed by atoms with van der Waals surface area (Å²) in [7, 11) is 1.57. The summed E-state index contributed by atoms with van der Waals surface area (Å²) >= 11 is 5.99. The van der Waals surface area contributed by atoms with Gasteiger partial charge in [-0.25, -0.2) is 0 Å². The number of carbonyl (C=O) groups excluding carboxylic acids is 1. The third kappa shape index (κ3) is 5.34. The minimum Gasteiger partial charge on any atom is -0.497 e. The maximum absolute atomic E-state index is 13.6. The van der Waals surface area contributed by atoms with E-state index in [2.05, 4.69) is 15.7 Å². The number of ether oxygens (including phenoxy) is 2. The van der Waals surface area contributed by atoms with Crippen molar-refractivity contribution in [2.45, 2.75) is 18.9 Å². The molecule has 0 atom stereocenters. The third-order valence-corrected chi connectivity index (χ3v) is 5.86. The van der Waals surface area contributed by atoms with Crippen LogP contribution in [0.3, 0.4) is 0 Å². The number of hydrogen-bond donors (Lipinski definition) is 2. The standard InChI is InChI=1S/C27H23ClN4O4/c1-35-22-13-9-21(10-14-22)32-27(34)25(24(16-29-32)36-23-11-5-18(28)6-12-23)30-20-4-2-3-17(15-20)26(33)31-19-7-8-19/h2-6,9-16,19,30H,7-8H2,1H3,(H,31,33). The first-order chi connectivity index (χ1) is 17.5. The van der Waals surface area contributed by atoms with Gasteiger partial charge in [-0.2, -0.15) is 9.78 Å². The Morgan fingerprint density at radius 1 is 1.03 bits per heavy atom. The molecule has 182 valence electrons. The normalized spacial score (nSPS) is 12.6. The number of benzene rings is 3. The van der Waals surface area contributed by atoms with Crippen LogP contribution >= 0.6 is 11.6 Å². The first kappa shape index (κ1) is 23.4. The van der Waals surface area contributed by atoms with Gasteiger partial charge in [0.2, 0.25) is 0 Å². The minimum atomic E-state index is -0.431. The van der Waals surface area contributed by atoms with E-state index < -0.39 is 5.56 Å². The van der Waals surface area contributed by atoms with Crippen molar-refractivity contribution in [3.8, 4) is 22.9 Å². The molecule has 9 heteroatoms. The van der Waals surface area contributed by atoms with Crippen molar-refractivity contribution in [1.29, 1.82) is 0 Å². The van der Waals surface area contributed by atoms with Crippen LogP contribution in [0.25, 0.3) is 5.69 Å². The van der Waals surface area contributed by atoms with Gasteiger partial charge in [-0.15, -0.1) is 0 Å². The van der Waals surface area contributed by atoms with E-state index in [0.717, 1.165) is 12.8 Å². The first-order valence-electron chi connectivity index (χ1n) is 11.4. The molecule has 0 bridgehead atoms. The highest BCUT2D eigenvalue weighted by atomic mass is 35.5. The molecule has 3 aromatic carbocycles. The van der Waals surface area contributed by atoms with E-state index in [1.54, 1.807) is 79.9 Å². The molecule has 4 aromatic rings. The van der Waals surface area contributed by atoms with Gasteiger partial charge in [0, 0.05) is 22.3 Å². The van der Waals surface area contributed by atoms with Crippen molar-refractivity contribution in [1.82, 2.24) is 15.1 Å². The van der Waals surface area contributed by atoms with Crippen LogP contribution < -0.4 is 25.7 Å². The second-order valence-corrected chi connectivity index (χ2v) is 8.74. The average molecular weight is 503 g/mol. The van der Waals surface area contributed by atoms with Crippen LogP contribution in [0.5, 0.6) is 17.2 Å². The largest absolute Gasteiger partial charge is 0.497 e. The minimum absolute atomic E-state index is 0.149. The summed E-state index contributed by atoms with van der Waals surface area (Å²) in [6, 6.07) is 20.9. The smallest absolute Gasteiger partial charge is 0.299 e. The summed E-state index contributed by atoms with van der Waals surface area (Å²) in [6.45, 7) is 0. The zero-order valence-corrected chi connectivity index (χ0v) is 20.2. The highest BCUT2D eigenvalue weighted by Crippen LogP contribution is 2.30. The van der Waals surface area contributed by atoms with Crippen LogP contribution in [-0.2, 0) is 0 Å². The van der Waals surface area contributed by atoms with E-state index in [9.17, 15) is 9.59 Å². The van der Waals surface area contributed by atoms with Gasteiger partial charge in [0.15, 0.2) is 11.4 Å². The topological polar surface area (TPSA) is 94.5 Å². The second-order valence-electron chi connectivity index (χ2n) is 8.31. The Balaban J connectivity index is 1.52. The third-order valence-electron chi connectivity index (χ3n) is 5.61. The molecule has 5 rings (SSSR count). The molecule has 1 aliphatic carbocycles. The summed E-state index contributed by atoms with van der Waals surface area (Å²) in [5.74, 6) is 1.22. The van der Waals surface area contributed by atoms with E-state index in [4.69, 9.17) is 21.1 Å². The van der Waals surface area contributed by atoms with Crippen LogP contribution in [0.4, 0.5) is 11.4 Å². The average Bonchev–Trinajstić information content (AvgIpc) is 3.72. The SMILES string of the molecule is COc1ccc(-n2ncc(Oc3ccc(Cl)cc3)c(Nc3cccc(C(=O)NC4CC4)c3)c2=O)cc1. The first-order valence-corrected chi connectivity index (χ1v) is 11.8. The number of halogens is 1. The summed E-state index contributed by atoms with van der Waals surface area (Å²) < 4.78 is 12.5. The molecular formula is C27H23ClN4O4. The maximum Gasteiger partial charge on any atom is 0.299 e. The molecule has 0 saturated heterocycles. The van der Waals surface area contributed by atoms with Crippen molar-refractivity contribution < 1.29 is 14.3 Å². The molecule has 0 aliphatic heterocycles. The molecule has 36 heavy (non-hydrogen) atoms. The molecule has 0 radical (unpaired) electrons. The van der Waals surface area contributed by atoms with Gasteiger partial charge in [0.05, 0.1) is 19.0 Å². The van der Waals surface area contributed by atoms with Crippen molar-refractivity contribution >= 4 is 28.9 Å². The van der Waals surface area contributed by atoms with E-state index >= 15 is 0 Å². The molecular weight excluding hydrogens is 480 g/mol. The van der Waals surface area contributed by atoms with Crippen LogP contribution in [-0.4, -0.2) is 28.8 Å². The van der Waals surface area contributed by atoms with Gasteiger partial charge < -0.3 is 20.1 Å². The number of nitrogens with zero attached hydrogens (tertiary/aromatic N) is 2. The predicted octanol–water partition coefficient (Wildman–Crippen LogP) is 5.32. The Morgan fingerprint density at radius 2 is 1.75 bits per heavy atom. The van der Waals surface area contributed by atoms with E-state index in [0.29, 0.717) is 33.5 Å². The quantitative estimate of drug-likeness (QED) is 0.338. The second kappa shape index (κ2) is 10.1. The molecule has 8 nitrogen and oxygen atoms in total. The number of hydrogen-bond acceptors (Lipinski definition) is 6.